The first-order chi connectivity index (χ1) is 38.0. The Bertz CT molecular complexity index is 1510. The summed E-state index contributed by atoms with van der Waals surface area (Å²) in [5.74, 6) is -0.882. The lowest BCUT2D eigenvalue weighted by molar-refractivity contribution is -0.167. The van der Waals surface area contributed by atoms with Gasteiger partial charge in [0.05, 0.1) is 0 Å². The summed E-state index contributed by atoms with van der Waals surface area (Å²) >= 11 is 0. The molecule has 442 valence electrons. The molecule has 0 fully saturated rings. The van der Waals surface area contributed by atoms with Crippen LogP contribution < -0.4 is 0 Å². The van der Waals surface area contributed by atoms with Crippen LogP contribution in [0.25, 0.3) is 0 Å². The molecule has 0 radical (unpaired) electrons. The lowest BCUT2D eigenvalue weighted by Gasteiger charge is -2.18. The van der Waals surface area contributed by atoms with Crippen molar-refractivity contribution < 1.29 is 28.6 Å². The number of ether oxygens (including phenoxy) is 3. The molecule has 0 aliphatic rings. The Morgan fingerprint density at radius 1 is 0.273 bits per heavy atom. The fourth-order valence-corrected chi connectivity index (χ4v) is 9.18. The molecule has 1 unspecified atom stereocenters. The highest BCUT2D eigenvalue weighted by Gasteiger charge is 2.19. The van der Waals surface area contributed by atoms with Gasteiger partial charge in [-0.3, -0.25) is 14.4 Å². The van der Waals surface area contributed by atoms with E-state index in [1.807, 2.05) is 0 Å². The van der Waals surface area contributed by atoms with E-state index in [-0.39, 0.29) is 31.1 Å². The van der Waals surface area contributed by atoms with Gasteiger partial charge in [0.15, 0.2) is 6.10 Å². The summed E-state index contributed by atoms with van der Waals surface area (Å²) in [6.45, 7) is 6.51. The van der Waals surface area contributed by atoms with Crippen LogP contribution >= 0.6 is 0 Å². The Labute approximate surface area is 477 Å². The number of hydrogen-bond acceptors (Lipinski definition) is 6. The highest BCUT2D eigenvalue weighted by molar-refractivity contribution is 5.71. The van der Waals surface area contributed by atoms with E-state index < -0.39 is 6.10 Å². The van der Waals surface area contributed by atoms with E-state index in [2.05, 4.69) is 118 Å². The van der Waals surface area contributed by atoms with Crippen LogP contribution in [0, 0.1) is 0 Å². The van der Waals surface area contributed by atoms with E-state index in [0.717, 1.165) is 109 Å². The zero-order chi connectivity index (χ0) is 55.7. The largest absolute Gasteiger partial charge is 0.462 e. The van der Waals surface area contributed by atoms with Gasteiger partial charge in [-0.1, -0.05) is 291 Å². The van der Waals surface area contributed by atoms with Gasteiger partial charge < -0.3 is 14.2 Å². The topological polar surface area (TPSA) is 78.9 Å². The molecule has 0 heterocycles. The molecule has 0 saturated carbocycles. The molecule has 6 nitrogen and oxygen atoms in total. The molecule has 0 N–H and O–H groups in total. The van der Waals surface area contributed by atoms with E-state index in [9.17, 15) is 14.4 Å². The van der Waals surface area contributed by atoms with Crippen LogP contribution in [0.1, 0.15) is 316 Å². The smallest absolute Gasteiger partial charge is 0.306 e. The van der Waals surface area contributed by atoms with Crippen molar-refractivity contribution >= 4 is 17.9 Å². The van der Waals surface area contributed by atoms with E-state index in [1.54, 1.807) is 0 Å². The lowest BCUT2D eigenvalue weighted by atomic mass is 10.0. The predicted molar refractivity (Wildman–Crippen MR) is 334 cm³/mol. The molecule has 0 amide bonds. The molecule has 0 aromatic rings. The Morgan fingerprint density at radius 2 is 0.506 bits per heavy atom. The second-order valence-corrected chi connectivity index (χ2v) is 21.6. The normalized spacial score (nSPS) is 12.7. The maximum absolute atomic E-state index is 12.9. The summed E-state index contributed by atoms with van der Waals surface area (Å²) in [5, 5.41) is 0. The molecule has 1 atom stereocenters. The minimum absolute atomic E-state index is 0.0788. The molecule has 0 aliphatic heterocycles. The Balaban J connectivity index is 4.23. The quantitative estimate of drug-likeness (QED) is 0.0261. The number of carbonyl (C=O) groups excluding carboxylic acids is 3. The highest BCUT2D eigenvalue weighted by Crippen LogP contribution is 2.16. The Kier molecular flexibility index (Phi) is 61.8. The minimum atomic E-state index is -0.782. The highest BCUT2D eigenvalue weighted by atomic mass is 16.6. The standard InChI is InChI=1S/C71H122O6/c1-4-7-10-13-16-19-21-23-25-27-29-31-33-35-37-39-41-43-45-47-49-52-55-58-61-64-70(73)76-67-68(66-75-69(72)63-60-57-54-51-18-15-12-9-6-3)77-71(74)65-62-59-56-53-50-48-46-44-42-40-38-36-34-32-30-28-26-24-22-20-17-14-11-8-5-2/h7,10,16,19,22-25,28-31,34-37,68H,4-6,8-9,11-15,17-18,20-21,26-27,32-33,38-67H2,1-3H3/b10-7-,19-16-,24-22-,25-23-,30-28-,31-29-,36-34-,37-35-. The second-order valence-electron chi connectivity index (χ2n) is 21.6. The molecule has 0 saturated heterocycles. The summed E-state index contributed by atoms with van der Waals surface area (Å²) < 4.78 is 16.9. The molecule has 0 rings (SSSR count). The van der Waals surface area contributed by atoms with Crippen molar-refractivity contribution in [2.24, 2.45) is 0 Å². The molecule has 6 heteroatoms. The van der Waals surface area contributed by atoms with Crippen LogP contribution in [-0.2, 0) is 28.6 Å². The molecular formula is C71H122O6. The number of esters is 3. The Hall–Kier alpha value is -3.67. The van der Waals surface area contributed by atoms with Gasteiger partial charge in [-0.05, 0) is 103 Å². The van der Waals surface area contributed by atoms with E-state index >= 15 is 0 Å². The van der Waals surface area contributed by atoms with Gasteiger partial charge in [0, 0.05) is 19.3 Å². The van der Waals surface area contributed by atoms with Crippen molar-refractivity contribution in [3.8, 4) is 0 Å². The first-order valence-electron chi connectivity index (χ1n) is 32.7. The molecule has 0 bridgehead atoms. The van der Waals surface area contributed by atoms with Gasteiger partial charge in [0.1, 0.15) is 13.2 Å². The molecular weight excluding hydrogens is 949 g/mol. The maximum Gasteiger partial charge on any atom is 0.306 e. The number of unbranched alkanes of at least 4 members (excludes halogenated alkanes) is 32. The van der Waals surface area contributed by atoms with Crippen molar-refractivity contribution in [2.45, 2.75) is 322 Å². The summed E-state index contributed by atoms with van der Waals surface area (Å²) in [6.07, 6.45) is 87.1. The van der Waals surface area contributed by atoms with Gasteiger partial charge in [0.2, 0.25) is 0 Å². The van der Waals surface area contributed by atoms with Crippen molar-refractivity contribution in [1.82, 2.24) is 0 Å². The summed E-state index contributed by atoms with van der Waals surface area (Å²) in [4.78, 5) is 38.2. The molecule has 77 heavy (non-hydrogen) atoms. The number of carbonyl (C=O) groups is 3. The van der Waals surface area contributed by atoms with Crippen molar-refractivity contribution in [3.05, 3.63) is 97.2 Å². The third-order valence-electron chi connectivity index (χ3n) is 14.1. The predicted octanol–water partition coefficient (Wildman–Crippen LogP) is 22.4. The number of allylic oxidation sites excluding steroid dienone is 16. The fraction of sp³-hybridized carbons (Fsp3) is 0.732. The summed E-state index contributed by atoms with van der Waals surface area (Å²) in [5.41, 5.74) is 0. The van der Waals surface area contributed by atoms with Gasteiger partial charge in [-0.15, -0.1) is 0 Å². The lowest BCUT2D eigenvalue weighted by Crippen LogP contribution is -2.30. The van der Waals surface area contributed by atoms with Gasteiger partial charge in [-0.2, -0.15) is 0 Å². The molecule has 0 aromatic carbocycles. The van der Waals surface area contributed by atoms with Crippen LogP contribution in [0.3, 0.4) is 0 Å². The number of hydrogen-bond donors (Lipinski definition) is 0. The summed E-state index contributed by atoms with van der Waals surface area (Å²) in [7, 11) is 0. The SMILES string of the molecule is CC/C=C\C/C=C\C/C=C\C/C=C\C/C=C\CCCCCCCCCCCC(=O)OCC(COC(=O)CCCCCCCCCCC)OC(=O)CCCCCCCCCCCC/C=C\C/C=C\C/C=C\CCCCCCC. The average Bonchev–Trinajstić information content (AvgIpc) is 3.43. The minimum Gasteiger partial charge on any atom is -0.462 e. The van der Waals surface area contributed by atoms with Gasteiger partial charge in [-0.25, -0.2) is 0 Å². The summed E-state index contributed by atoms with van der Waals surface area (Å²) in [6, 6.07) is 0. The van der Waals surface area contributed by atoms with E-state index in [4.69, 9.17) is 14.2 Å². The molecule has 0 aromatic heterocycles. The van der Waals surface area contributed by atoms with E-state index in [1.165, 1.54) is 167 Å². The monoisotopic (exact) mass is 1070 g/mol. The van der Waals surface area contributed by atoms with Crippen LogP contribution in [0.15, 0.2) is 97.2 Å². The van der Waals surface area contributed by atoms with Crippen LogP contribution in [0.5, 0.6) is 0 Å². The average molecular weight is 1070 g/mol. The van der Waals surface area contributed by atoms with Gasteiger partial charge in [0.25, 0.3) is 0 Å². The van der Waals surface area contributed by atoms with Crippen molar-refractivity contribution in [3.63, 3.8) is 0 Å². The third kappa shape index (κ3) is 63.0. The van der Waals surface area contributed by atoms with Crippen LogP contribution in [-0.4, -0.2) is 37.2 Å². The fourth-order valence-electron chi connectivity index (χ4n) is 9.18. The molecule has 0 spiro atoms. The zero-order valence-corrected chi connectivity index (χ0v) is 50.7. The maximum atomic E-state index is 12.9. The van der Waals surface area contributed by atoms with Crippen molar-refractivity contribution in [2.75, 3.05) is 13.2 Å². The van der Waals surface area contributed by atoms with E-state index in [0.29, 0.717) is 19.3 Å². The second kappa shape index (κ2) is 64.9. The third-order valence-corrected chi connectivity index (χ3v) is 14.1. The van der Waals surface area contributed by atoms with Crippen molar-refractivity contribution in [1.29, 1.82) is 0 Å². The van der Waals surface area contributed by atoms with Crippen LogP contribution in [0.4, 0.5) is 0 Å². The Morgan fingerprint density at radius 3 is 0.792 bits per heavy atom. The zero-order valence-electron chi connectivity index (χ0n) is 50.7. The first kappa shape index (κ1) is 73.3. The first-order valence-corrected chi connectivity index (χ1v) is 32.7. The number of rotatable bonds is 59. The molecule has 0 aliphatic carbocycles. The van der Waals surface area contributed by atoms with Crippen LogP contribution in [0.2, 0.25) is 0 Å². The van der Waals surface area contributed by atoms with Gasteiger partial charge >= 0.3 is 17.9 Å².